The lowest BCUT2D eigenvalue weighted by Crippen LogP contribution is -2.25. The molecule has 0 heterocycles. The van der Waals surface area contributed by atoms with Crippen molar-refractivity contribution in [3.8, 4) is 11.5 Å². The van der Waals surface area contributed by atoms with Gasteiger partial charge in [-0.05, 0) is 42.5 Å². The lowest BCUT2D eigenvalue weighted by molar-refractivity contribution is -0.116. The average molecular weight is 238 g/mol. The molecule has 0 aliphatic heterocycles. The number of benzene rings is 1. The number of hydrogen-bond donors (Lipinski definition) is 5. The zero-order valence-corrected chi connectivity index (χ0v) is 8.98. The van der Waals surface area contributed by atoms with E-state index in [1.165, 1.54) is 36.4 Å². The number of aliphatic hydroxyl groups is 3. The van der Waals surface area contributed by atoms with Crippen molar-refractivity contribution in [1.29, 1.82) is 0 Å². The number of allylic oxidation sites excluding steroid dienone is 1. The highest BCUT2D eigenvalue weighted by molar-refractivity contribution is 5.28. The molecule has 17 heavy (non-hydrogen) atoms. The maximum absolute atomic E-state index is 8.81. The first-order valence-corrected chi connectivity index (χ1v) is 4.90. The molecule has 0 spiro atoms. The minimum Gasteiger partial charge on any atom is -0.508 e. The van der Waals surface area contributed by atoms with E-state index >= 15 is 0 Å². The van der Waals surface area contributed by atoms with Crippen molar-refractivity contribution >= 4 is 0 Å². The van der Waals surface area contributed by atoms with E-state index in [0.29, 0.717) is 0 Å². The minimum atomic E-state index is -1.76. The Kier molecular flexibility index (Phi) is 4.14. The van der Waals surface area contributed by atoms with Crippen molar-refractivity contribution in [2.24, 2.45) is 0 Å². The van der Waals surface area contributed by atoms with E-state index in [9.17, 15) is 0 Å². The Morgan fingerprint density at radius 2 is 1.35 bits per heavy atom. The van der Waals surface area contributed by atoms with Crippen LogP contribution < -0.4 is 0 Å². The summed E-state index contributed by atoms with van der Waals surface area (Å²) in [7, 11) is 0. The molecule has 5 nitrogen and oxygen atoms in total. The van der Waals surface area contributed by atoms with Gasteiger partial charge >= 0.3 is 0 Å². The first-order valence-electron chi connectivity index (χ1n) is 4.90. The second-order valence-electron chi connectivity index (χ2n) is 3.56. The number of aromatic hydroxyl groups is 2. The molecule has 92 valence electrons. The Labute approximate surface area is 98.2 Å². The van der Waals surface area contributed by atoms with Crippen molar-refractivity contribution in [2.75, 3.05) is 0 Å². The van der Waals surface area contributed by atoms with Crippen LogP contribution in [-0.4, -0.2) is 31.3 Å². The topological polar surface area (TPSA) is 101 Å². The molecule has 0 saturated carbocycles. The summed E-state index contributed by atoms with van der Waals surface area (Å²) in [6, 6.07) is 5.70. The molecule has 1 aliphatic carbocycles. The normalized spacial score (nSPS) is 16.7. The summed E-state index contributed by atoms with van der Waals surface area (Å²) in [5.74, 6) is -1.34. The van der Waals surface area contributed by atoms with Gasteiger partial charge in [-0.15, -0.1) is 0 Å². The molecule has 1 aromatic rings. The molecule has 0 radical (unpaired) electrons. The molecule has 0 fully saturated rings. The number of phenols is 2. The predicted molar refractivity (Wildman–Crippen MR) is 61.4 cm³/mol. The fourth-order valence-corrected chi connectivity index (χ4v) is 1.06. The Morgan fingerprint density at radius 3 is 1.65 bits per heavy atom. The molecular weight excluding hydrogens is 224 g/mol. The van der Waals surface area contributed by atoms with Crippen molar-refractivity contribution in [3.05, 3.63) is 48.3 Å². The molecule has 0 saturated heterocycles. The zero-order chi connectivity index (χ0) is 12.9. The molecule has 0 unspecified atom stereocenters. The van der Waals surface area contributed by atoms with Gasteiger partial charge in [-0.3, -0.25) is 0 Å². The van der Waals surface area contributed by atoms with Crippen LogP contribution in [0.4, 0.5) is 0 Å². The Hall–Kier alpha value is -1.98. The molecule has 2 rings (SSSR count). The van der Waals surface area contributed by atoms with Crippen LogP contribution in [0.2, 0.25) is 0 Å². The molecular formula is C12H14O5. The number of rotatable bonds is 0. The zero-order valence-electron chi connectivity index (χ0n) is 8.98. The van der Waals surface area contributed by atoms with Crippen LogP contribution in [0.1, 0.15) is 6.42 Å². The Bertz CT molecular complexity index is 396. The van der Waals surface area contributed by atoms with Gasteiger partial charge in [0.15, 0.2) is 5.79 Å². The highest BCUT2D eigenvalue weighted by Crippen LogP contribution is 2.15. The van der Waals surface area contributed by atoms with E-state index in [1.807, 2.05) is 0 Å². The summed E-state index contributed by atoms with van der Waals surface area (Å²) in [5, 5.41) is 43.6. The van der Waals surface area contributed by atoms with Crippen molar-refractivity contribution in [3.63, 3.8) is 0 Å². The van der Waals surface area contributed by atoms with E-state index in [1.54, 1.807) is 0 Å². The van der Waals surface area contributed by atoms with Gasteiger partial charge in [-0.2, -0.15) is 0 Å². The molecule has 5 N–H and O–H groups in total. The standard InChI is InChI=1S/C6H8O3.C6H6O2/c7-5-1-3-6(8,9)4-2-5;7-5-1-2-6(8)4-3-5/h1-3,7-9H,4H2;1-4,7-8H. The summed E-state index contributed by atoms with van der Waals surface area (Å²) in [6.07, 6.45) is 3.79. The van der Waals surface area contributed by atoms with Crippen LogP contribution in [-0.2, 0) is 0 Å². The van der Waals surface area contributed by atoms with Crippen LogP contribution in [0.5, 0.6) is 11.5 Å². The summed E-state index contributed by atoms with van der Waals surface area (Å²) >= 11 is 0. The number of hydrogen-bond acceptors (Lipinski definition) is 5. The van der Waals surface area contributed by atoms with Crippen molar-refractivity contribution < 1.29 is 25.5 Å². The van der Waals surface area contributed by atoms with Crippen molar-refractivity contribution in [1.82, 2.24) is 0 Å². The first-order chi connectivity index (χ1) is 7.89. The monoisotopic (exact) mass is 238 g/mol. The molecule has 0 bridgehead atoms. The van der Waals surface area contributed by atoms with Crippen LogP contribution in [0.15, 0.2) is 48.3 Å². The van der Waals surface area contributed by atoms with E-state index in [2.05, 4.69) is 0 Å². The minimum absolute atomic E-state index is 0.0509. The highest BCUT2D eigenvalue weighted by Gasteiger charge is 2.19. The van der Waals surface area contributed by atoms with E-state index in [4.69, 9.17) is 25.5 Å². The SMILES string of the molecule is OC1=CCC(O)(O)C=C1.Oc1ccc(O)cc1. The van der Waals surface area contributed by atoms with Gasteiger partial charge in [0.2, 0.25) is 0 Å². The lowest BCUT2D eigenvalue weighted by Gasteiger charge is -2.17. The lowest BCUT2D eigenvalue weighted by atomic mass is 10.1. The van der Waals surface area contributed by atoms with Crippen LogP contribution >= 0.6 is 0 Å². The molecule has 1 aliphatic rings. The largest absolute Gasteiger partial charge is 0.508 e. The quantitative estimate of drug-likeness (QED) is 0.345. The van der Waals surface area contributed by atoms with Crippen LogP contribution in [0.3, 0.4) is 0 Å². The molecule has 5 heteroatoms. The van der Waals surface area contributed by atoms with Crippen molar-refractivity contribution in [2.45, 2.75) is 12.2 Å². The molecule has 0 aromatic heterocycles. The van der Waals surface area contributed by atoms with Gasteiger partial charge in [0.05, 0.1) is 0 Å². The van der Waals surface area contributed by atoms with E-state index in [-0.39, 0.29) is 23.7 Å². The van der Waals surface area contributed by atoms with Gasteiger partial charge in [-0.25, -0.2) is 0 Å². The second kappa shape index (κ2) is 5.38. The highest BCUT2D eigenvalue weighted by atomic mass is 16.5. The van der Waals surface area contributed by atoms with Crippen LogP contribution in [0.25, 0.3) is 0 Å². The van der Waals surface area contributed by atoms with Gasteiger partial charge in [0, 0.05) is 6.42 Å². The molecule has 1 aromatic carbocycles. The van der Waals surface area contributed by atoms with E-state index in [0.717, 1.165) is 6.08 Å². The third-order valence-corrected chi connectivity index (χ3v) is 1.98. The van der Waals surface area contributed by atoms with Gasteiger partial charge in [-0.1, -0.05) is 0 Å². The fraction of sp³-hybridized carbons (Fsp3) is 0.167. The third-order valence-electron chi connectivity index (χ3n) is 1.98. The van der Waals surface area contributed by atoms with E-state index < -0.39 is 5.79 Å². The fourth-order valence-electron chi connectivity index (χ4n) is 1.06. The third kappa shape index (κ3) is 5.05. The summed E-state index contributed by atoms with van der Waals surface area (Å²) in [6.45, 7) is 0. The van der Waals surface area contributed by atoms with Gasteiger partial charge < -0.3 is 25.5 Å². The first kappa shape index (κ1) is 13.1. The predicted octanol–water partition coefficient (Wildman–Crippen LogP) is 1.17. The summed E-state index contributed by atoms with van der Waals surface area (Å²) in [4.78, 5) is 0. The van der Waals surface area contributed by atoms with Crippen LogP contribution in [0, 0.1) is 0 Å². The summed E-state index contributed by atoms with van der Waals surface area (Å²) in [5.41, 5.74) is 0. The maximum Gasteiger partial charge on any atom is 0.186 e. The smallest absolute Gasteiger partial charge is 0.186 e. The molecule has 0 atom stereocenters. The number of aliphatic hydroxyl groups excluding tert-OH is 1. The molecule has 0 amide bonds. The maximum atomic E-state index is 8.81. The summed E-state index contributed by atoms with van der Waals surface area (Å²) < 4.78 is 0. The Morgan fingerprint density at radius 1 is 0.882 bits per heavy atom. The van der Waals surface area contributed by atoms with Gasteiger partial charge in [0.1, 0.15) is 17.3 Å². The average Bonchev–Trinajstić information content (AvgIpc) is 2.28. The second-order valence-corrected chi connectivity index (χ2v) is 3.56. The number of phenolic OH excluding ortho intramolecular Hbond substituents is 2. The van der Waals surface area contributed by atoms with Gasteiger partial charge in [0.25, 0.3) is 0 Å². The Balaban J connectivity index is 0.000000171.